The zero-order valence-corrected chi connectivity index (χ0v) is 7.19. The standard InChI is InChI=1S/Ba.H2O5/c;1-3-5-4-2/h;1-2H/q+2;/p-2. The van der Waals surface area contributed by atoms with Crippen molar-refractivity contribution in [1.29, 1.82) is 0 Å². The van der Waals surface area contributed by atoms with Gasteiger partial charge in [-0.25, -0.2) is 0 Å². The third-order valence-corrected chi connectivity index (χ3v) is 0.0556. The summed E-state index contributed by atoms with van der Waals surface area (Å²) in [6.07, 6.45) is 0. The second-order valence-electron chi connectivity index (χ2n) is 0.204. The summed E-state index contributed by atoms with van der Waals surface area (Å²) >= 11 is 0. The van der Waals surface area contributed by atoms with Gasteiger partial charge < -0.3 is 10.5 Å². The molecule has 6 heavy (non-hydrogen) atoms. The third kappa shape index (κ3) is 9.03. The van der Waals surface area contributed by atoms with Gasteiger partial charge in [-0.2, -0.15) is 0 Å². The van der Waals surface area contributed by atoms with Gasteiger partial charge in [-0.05, 0) is 0 Å². The Morgan fingerprint density at radius 1 is 1.00 bits per heavy atom. The molecule has 0 aromatic heterocycles. The SMILES string of the molecule is [Ba+2].[O-]OOO[O-]. The van der Waals surface area contributed by atoms with Gasteiger partial charge in [0.1, 0.15) is 0 Å². The molecule has 0 unspecified atom stereocenters. The van der Waals surface area contributed by atoms with Crippen LogP contribution in [0.5, 0.6) is 0 Å². The topological polar surface area (TPSA) is 73.8 Å². The minimum atomic E-state index is 0. The van der Waals surface area contributed by atoms with Crippen LogP contribution in [0.2, 0.25) is 0 Å². The normalized spacial score (nSPS) is 7.00. The summed E-state index contributed by atoms with van der Waals surface area (Å²) in [7, 11) is 0. The predicted octanol–water partition coefficient (Wildman–Crippen LogP) is -2.96. The number of hydrogen-bond donors (Lipinski definition) is 0. The molecule has 0 spiro atoms. The molecule has 0 fully saturated rings. The summed E-state index contributed by atoms with van der Waals surface area (Å²) in [6.45, 7) is 0. The van der Waals surface area contributed by atoms with E-state index in [-0.39, 0.29) is 48.9 Å². The van der Waals surface area contributed by atoms with E-state index in [9.17, 15) is 0 Å². The summed E-state index contributed by atoms with van der Waals surface area (Å²) in [5.74, 6) is 0. The second kappa shape index (κ2) is 9.62. The summed E-state index contributed by atoms with van der Waals surface area (Å²) in [6, 6.07) is 0. The maximum atomic E-state index is 8.48. The van der Waals surface area contributed by atoms with Gasteiger partial charge in [0.15, 0.2) is 0 Å². The molecule has 32 valence electrons. The van der Waals surface area contributed by atoms with Gasteiger partial charge in [0.25, 0.3) is 0 Å². The zero-order valence-electron chi connectivity index (χ0n) is 2.75. The Bertz CT molecular complexity index is 11.4. The van der Waals surface area contributed by atoms with Crippen molar-refractivity contribution in [3.8, 4) is 0 Å². The van der Waals surface area contributed by atoms with Gasteiger partial charge in [0, 0.05) is 0 Å². The summed E-state index contributed by atoms with van der Waals surface area (Å²) in [5.41, 5.74) is 0. The van der Waals surface area contributed by atoms with Crippen molar-refractivity contribution in [2.24, 2.45) is 0 Å². The Morgan fingerprint density at radius 3 is 1.33 bits per heavy atom. The van der Waals surface area contributed by atoms with Crippen LogP contribution in [0.4, 0.5) is 0 Å². The van der Waals surface area contributed by atoms with E-state index in [1.807, 2.05) is 0 Å². The van der Waals surface area contributed by atoms with Crippen LogP contribution >= 0.6 is 0 Å². The van der Waals surface area contributed by atoms with Crippen molar-refractivity contribution >= 4 is 48.9 Å². The summed E-state index contributed by atoms with van der Waals surface area (Å²) in [4.78, 5) is 0. The fourth-order valence-corrected chi connectivity index (χ4v) is 0.0113. The first-order valence-corrected chi connectivity index (χ1v) is 0.667. The summed E-state index contributed by atoms with van der Waals surface area (Å²) < 4.78 is 0. The van der Waals surface area contributed by atoms with Crippen LogP contribution in [0, 0.1) is 0 Å². The molecule has 0 atom stereocenters. The van der Waals surface area contributed by atoms with E-state index in [2.05, 4.69) is 15.1 Å². The van der Waals surface area contributed by atoms with Crippen molar-refractivity contribution in [1.82, 2.24) is 0 Å². The van der Waals surface area contributed by atoms with Crippen LogP contribution in [-0.2, 0) is 15.1 Å². The largest absolute Gasteiger partial charge is 2.00 e. The average Bonchev–Trinajstić information content (AvgIpc) is 1.41. The van der Waals surface area contributed by atoms with E-state index in [1.54, 1.807) is 0 Å². The first-order chi connectivity index (χ1) is 2.41. The molecule has 0 aromatic rings. The minimum Gasteiger partial charge on any atom is -0.690 e. The van der Waals surface area contributed by atoms with E-state index in [1.165, 1.54) is 0 Å². The van der Waals surface area contributed by atoms with E-state index in [0.717, 1.165) is 0 Å². The zero-order chi connectivity index (χ0) is 4.12. The molecule has 6 heteroatoms. The third-order valence-electron chi connectivity index (χ3n) is 0.0556. The predicted molar refractivity (Wildman–Crippen MR) is 9.01 cm³/mol. The van der Waals surface area contributed by atoms with E-state index < -0.39 is 0 Å². The van der Waals surface area contributed by atoms with E-state index in [0.29, 0.717) is 0 Å². The average molecular weight is 217 g/mol. The van der Waals surface area contributed by atoms with Gasteiger partial charge in [-0.3, -0.25) is 10.1 Å². The molecule has 0 bridgehead atoms. The Balaban J connectivity index is 0. The van der Waals surface area contributed by atoms with Crippen LogP contribution in [0.25, 0.3) is 0 Å². The fourth-order valence-electron chi connectivity index (χ4n) is 0.0113. The Hall–Kier alpha value is 1.37. The van der Waals surface area contributed by atoms with Crippen LogP contribution < -0.4 is 10.5 Å². The maximum absolute atomic E-state index is 8.48. The van der Waals surface area contributed by atoms with Crippen molar-refractivity contribution in [3.05, 3.63) is 0 Å². The van der Waals surface area contributed by atoms with Crippen LogP contribution in [0.1, 0.15) is 0 Å². The molecule has 5 nitrogen and oxygen atoms in total. The molecule has 0 radical (unpaired) electrons. The molecule has 0 amide bonds. The minimum absolute atomic E-state index is 0. The first-order valence-electron chi connectivity index (χ1n) is 0.667. The molecule has 0 saturated carbocycles. The molecule has 0 aliphatic rings. The summed E-state index contributed by atoms with van der Waals surface area (Å²) in [5, 5.41) is 24.5. The molecule has 0 aliphatic heterocycles. The molecule has 0 saturated heterocycles. The molecule has 0 N–H and O–H groups in total. The van der Waals surface area contributed by atoms with Gasteiger partial charge in [0.05, 0.1) is 0 Å². The fraction of sp³-hybridized carbons (Fsp3) is 0. The number of hydrogen-bond acceptors (Lipinski definition) is 5. The van der Waals surface area contributed by atoms with Gasteiger partial charge in [-0.1, -0.05) is 5.04 Å². The van der Waals surface area contributed by atoms with Crippen molar-refractivity contribution in [2.75, 3.05) is 0 Å². The molecular weight excluding hydrogens is 217 g/mol. The number of rotatable bonds is 2. The Morgan fingerprint density at radius 2 is 1.33 bits per heavy atom. The van der Waals surface area contributed by atoms with Crippen LogP contribution in [-0.4, -0.2) is 48.9 Å². The van der Waals surface area contributed by atoms with Crippen molar-refractivity contribution in [2.45, 2.75) is 0 Å². The maximum Gasteiger partial charge on any atom is 2.00 e. The first kappa shape index (κ1) is 10.4. The molecular formula is BaO5. The van der Waals surface area contributed by atoms with Gasteiger partial charge in [0.2, 0.25) is 0 Å². The van der Waals surface area contributed by atoms with Crippen molar-refractivity contribution in [3.63, 3.8) is 0 Å². The van der Waals surface area contributed by atoms with Gasteiger partial charge in [-0.15, -0.1) is 0 Å². The monoisotopic (exact) mass is 218 g/mol. The van der Waals surface area contributed by atoms with Crippen molar-refractivity contribution < 1.29 is 25.6 Å². The molecule has 0 rings (SSSR count). The van der Waals surface area contributed by atoms with E-state index in [4.69, 9.17) is 10.5 Å². The quantitative estimate of drug-likeness (QED) is 0.281. The molecule has 0 aromatic carbocycles. The van der Waals surface area contributed by atoms with Gasteiger partial charge >= 0.3 is 48.9 Å². The molecule has 0 aliphatic carbocycles. The molecule has 0 heterocycles. The van der Waals surface area contributed by atoms with Crippen LogP contribution in [0.3, 0.4) is 0 Å². The Labute approximate surface area is 73.6 Å². The van der Waals surface area contributed by atoms with Crippen LogP contribution in [0.15, 0.2) is 0 Å². The van der Waals surface area contributed by atoms with E-state index >= 15 is 0 Å². The Kier molecular flexibility index (Phi) is 16.6. The smallest absolute Gasteiger partial charge is 0.690 e. The second-order valence-corrected chi connectivity index (χ2v) is 0.204.